The van der Waals surface area contributed by atoms with Gasteiger partial charge in [0.1, 0.15) is 24.4 Å². The van der Waals surface area contributed by atoms with Crippen LogP contribution in [0.25, 0.3) is 0 Å². The molecule has 1 unspecified atom stereocenters. The normalized spacial score (nSPS) is 31.2. The van der Waals surface area contributed by atoms with Crippen LogP contribution in [0.2, 0.25) is 0 Å². The van der Waals surface area contributed by atoms with Crippen molar-refractivity contribution in [1.82, 2.24) is 0 Å². The zero-order chi connectivity index (χ0) is 17.1. The van der Waals surface area contributed by atoms with Crippen LogP contribution in [0.3, 0.4) is 0 Å². The van der Waals surface area contributed by atoms with E-state index < -0.39 is 37.3 Å². The van der Waals surface area contributed by atoms with Gasteiger partial charge in [-0.2, -0.15) is 0 Å². The van der Waals surface area contributed by atoms with Crippen molar-refractivity contribution in [3.05, 3.63) is 12.7 Å². The fourth-order valence-corrected chi connectivity index (χ4v) is 2.75. The lowest BCUT2D eigenvalue weighted by molar-refractivity contribution is -0.296. The largest absolute Gasteiger partial charge is 0.394 e. The molecule has 0 radical (unpaired) electrons. The quantitative estimate of drug-likeness (QED) is 0.316. The van der Waals surface area contributed by atoms with Crippen LogP contribution in [0.1, 0.15) is 51.4 Å². The first-order chi connectivity index (χ1) is 11.1. The number of hydrogen-bond acceptors (Lipinski definition) is 6. The first-order valence-electron chi connectivity index (χ1n) is 8.64. The molecule has 1 rings (SSSR count). The minimum Gasteiger partial charge on any atom is -0.394 e. The van der Waals surface area contributed by atoms with E-state index in [0.29, 0.717) is 6.61 Å². The van der Waals surface area contributed by atoms with Crippen molar-refractivity contribution < 1.29 is 29.9 Å². The summed E-state index contributed by atoms with van der Waals surface area (Å²) in [4.78, 5) is 0. The highest BCUT2D eigenvalue weighted by Crippen LogP contribution is 2.22. The van der Waals surface area contributed by atoms with Gasteiger partial charge in [0, 0.05) is 6.61 Å². The van der Waals surface area contributed by atoms with Gasteiger partial charge in [-0.25, -0.2) is 0 Å². The van der Waals surface area contributed by atoms with Crippen LogP contribution in [0, 0.1) is 0 Å². The monoisotopic (exact) mass is 332 g/mol. The van der Waals surface area contributed by atoms with E-state index in [-0.39, 0.29) is 0 Å². The van der Waals surface area contributed by atoms with Crippen LogP contribution in [-0.4, -0.2) is 64.3 Å². The number of aliphatic hydroxyl groups is 4. The van der Waals surface area contributed by atoms with Gasteiger partial charge in [0.2, 0.25) is 0 Å². The molecule has 0 aromatic heterocycles. The lowest BCUT2D eigenvalue weighted by Gasteiger charge is -2.39. The Hall–Kier alpha value is -0.500. The highest BCUT2D eigenvalue weighted by atomic mass is 16.7. The second kappa shape index (κ2) is 11.9. The van der Waals surface area contributed by atoms with E-state index in [4.69, 9.17) is 14.6 Å². The van der Waals surface area contributed by atoms with Gasteiger partial charge in [0.15, 0.2) is 6.29 Å². The van der Waals surface area contributed by atoms with Crippen LogP contribution in [0.5, 0.6) is 0 Å². The van der Waals surface area contributed by atoms with Gasteiger partial charge < -0.3 is 29.9 Å². The standard InChI is InChI=1S/C17H32O6/c1-2-3-4-5-6-7-8-9-10-11-22-16-15(20)14(19)13(12-18)23-17(16)21/h2,13-21H,1,3-12H2/t13-,14-,15+,16-,17?/m1/s1. The van der Waals surface area contributed by atoms with Crippen molar-refractivity contribution >= 4 is 0 Å². The summed E-state index contributed by atoms with van der Waals surface area (Å²) in [6.07, 6.45) is 5.10. The summed E-state index contributed by atoms with van der Waals surface area (Å²) in [5.41, 5.74) is 0. The van der Waals surface area contributed by atoms with E-state index >= 15 is 0 Å². The number of aliphatic hydroxyl groups excluding tert-OH is 4. The van der Waals surface area contributed by atoms with Gasteiger partial charge in [-0.15, -0.1) is 6.58 Å². The lowest BCUT2D eigenvalue weighted by atomic mass is 9.99. The molecule has 1 heterocycles. The van der Waals surface area contributed by atoms with Gasteiger partial charge in [0.05, 0.1) is 6.61 Å². The Kier molecular flexibility index (Phi) is 10.7. The zero-order valence-electron chi connectivity index (χ0n) is 13.8. The SMILES string of the molecule is C=CCCCCCCCCCO[C@H]1C(O)O[C@H](CO)[C@@H](O)[C@@H]1O. The fourth-order valence-electron chi connectivity index (χ4n) is 2.75. The van der Waals surface area contributed by atoms with Gasteiger partial charge in [0.25, 0.3) is 0 Å². The van der Waals surface area contributed by atoms with E-state index in [0.717, 1.165) is 25.7 Å². The molecule has 136 valence electrons. The topological polar surface area (TPSA) is 99.4 Å². The maximum absolute atomic E-state index is 9.92. The molecule has 0 aliphatic carbocycles. The number of allylic oxidation sites excluding steroid dienone is 1. The third-order valence-corrected chi connectivity index (χ3v) is 4.21. The minimum atomic E-state index is -1.34. The molecule has 0 aromatic rings. The van der Waals surface area contributed by atoms with Crippen molar-refractivity contribution in [1.29, 1.82) is 0 Å². The molecule has 5 atom stereocenters. The summed E-state index contributed by atoms with van der Waals surface area (Å²) in [7, 11) is 0. The fraction of sp³-hybridized carbons (Fsp3) is 0.882. The average Bonchev–Trinajstić information content (AvgIpc) is 2.55. The van der Waals surface area contributed by atoms with Gasteiger partial charge in [-0.1, -0.05) is 38.2 Å². The molecule has 0 aromatic carbocycles. The molecule has 1 fully saturated rings. The zero-order valence-corrected chi connectivity index (χ0v) is 13.8. The second-order valence-corrected chi connectivity index (χ2v) is 6.12. The Balaban J connectivity index is 2.07. The predicted octanol–water partition coefficient (Wildman–Crippen LogP) is 1.11. The van der Waals surface area contributed by atoms with E-state index in [1.165, 1.54) is 25.7 Å². The Morgan fingerprint density at radius 1 is 0.913 bits per heavy atom. The highest BCUT2D eigenvalue weighted by molar-refractivity contribution is 4.89. The summed E-state index contributed by atoms with van der Waals surface area (Å²) in [6.45, 7) is 3.64. The maximum atomic E-state index is 9.92. The van der Waals surface area contributed by atoms with Crippen molar-refractivity contribution in [2.24, 2.45) is 0 Å². The van der Waals surface area contributed by atoms with Crippen LogP contribution >= 0.6 is 0 Å². The molecule has 1 saturated heterocycles. The van der Waals surface area contributed by atoms with Crippen molar-refractivity contribution in [3.63, 3.8) is 0 Å². The van der Waals surface area contributed by atoms with Gasteiger partial charge >= 0.3 is 0 Å². The molecular formula is C17H32O6. The van der Waals surface area contributed by atoms with Crippen LogP contribution < -0.4 is 0 Å². The molecule has 0 bridgehead atoms. The van der Waals surface area contributed by atoms with E-state index in [9.17, 15) is 15.3 Å². The van der Waals surface area contributed by atoms with Crippen molar-refractivity contribution in [2.45, 2.75) is 82.1 Å². The molecule has 6 heteroatoms. The summed E-state index contributed by atoms with van der Waals surface area (Å²) < 4.78 is 10.5. The third-order valence-electron chi connectivity index (χ3n) is 4.21. The smallest absolute Gasteiger partial charge is 0.184 e. The Morgan fingerprint density at radius 3 is 2.13 bits per heavy atom. The highest BCUT2D eigenvalue weighted by Gasteiger charge is 2.44. The van der Waals surface area contributed by atoms with Crippen LogP contribution in [0.15, 0.2) is 12.7 Å². The molecule has 4 N–H and O–H groups in total. The van der Waals surface area contributed by atoms with Crippen LogP contribution in [0.4, 0.5) is 0 Å². The minimum absolute atomic E-state index is 0.398. The number of unbranched alkanes of at least 4 members (excludes halogenated alkanes) is 7. The first kappa shape index (κ1) is 20.5. The summed E-state index contributed by atoms with van der Waals surface area (Å²) >= 11 is 0. The molecular weight excluding hydrogens is 300 g/mol. The molecule has 1 aliphatic heterocycles. The van der Waals surface area contributed by atoms with E-state index in [1.807, 2.05) is 6.08 Å². The molecule has 1 aliphatic rings. The Labute approximate surface area is 138 Å². The third kappa shape index (κ3) is 7.28. The first-order valence-corrected chi connectivity index (χ1v) is 8.64. The van der Waals surface area contributed by atoms with Crippen LogP contribution in [-0.2, 0) is 9.47 Å². The molecule has 0 spiro atoms. The summed E-state index contributed by atoms with van der Waals surface area (Å²) in [6, 6.07) is 0. The number of rotatable bonds is 12. The van der Waals surface area contributed by atoms with Crippen molar-refractivity contribution in [2.75, 3.05) is 13.2 Å². The Bertz CT molecular complexity index is 311. The average molecular weight is 332 g/mol. The number of hydrogen-bond donors (Lipinski definition) is 4. The summed E-state index contributed by atoms with van der Waals surface area (Å²) in [5, 5.41) is 38.4. The maximum Gasteiger partial charge on any atom is 0.184 e. The lowest BCUT2D eigenvalue weighted by Crippen LogP contribution is -2.59. The molecule has 6 nitrogen and oxygen atoms in total. The van der Waals surface area contributed by atoms with Gasteiger partial charge in [-0.3, -0.25) is 0 Å². The summed E-state index contributed by atoms with van der Waals surface area (Å²) in [5.74, 6) is 0. The number of ether oxygens (including phenoxy) is 2. The predicted molar refractivity (Wildman–Crippen MR) is 86.9 cm³/mol. The molecule has 23 heavy (non-hydrogen) atoms. The van der Waals surface area contributed by atoms with E-state index in [2.05, 4.69) is 6.58 Å². The van der Waals surface area contributed by atoms with Gasteiger partial charge in [-0.05, 0) is 19.3 Å². The molecule has 0 saturated carbocycles. The second-order valence-electron chi connectivity index (χ2n) is 6.12. The van der Waals surface area contributed by atoms with E-state index in [1.54, 1.807) is 0 Å². The molecule has 0 amide bonds. The van der Waals surface area contributed by atoms with Crippen molar-refractivity contribution in [3.8, 4) is 0 Å². The Morgan fingerprint density at radius 2 is 1.52 bits per heavy atom.